The van der Waals surface area contributed by atoms with Gasteiger partial charge in [0.15, 0.2) is 11.0 Å². The lowest BCUT2D eigenvalue weighted by molar-refractivity contribution is -0.131. The monoisotopic (exact) mass is 410 g/mol. The largest absolute Gasteiger partial charge is 0.341 e. The summed E-state index contributed by atoms with van der Waals surface area (Å²) in [5.41, 5.74) is 1.74. The Kier molecular flexibility index (Phi) is 5.94. The second-order valence-electron chi connectivity index (χ2n) is 7.17. The van der Waals surface area contributed by atoms with E-state index in [-0.39, 0.29) is 17.0 Å². The van der Waals surface area contributed by atoms with Crippen molar-refractivity contribution in [1.82, 2.24) is 19.7 Å². The van der Waals surface area contributed by atoms with Gasteiger partial charge in [0.05, 0.1) is 0 Å². The zero-order valence-corrected chi connectivity index (χ0v) is 17.1. The molecule has 1 fully saturated rings. The maximum atomic E-state index is 13.3. The number of thioether (sulfide) groups is 1. The Hall–Kier alpha value is -2.67. The average molecular weight is 411 g/mol. The number of hydrogen-bond acceptors (Lipinski definition) is 4. The first kappa shape index (κ1) is 19.6. The topological polar surface area (TPSA) is 51.0 Å². The van der Waals surface area contributed by atoms with E-state index in [4.69, 9.17) is 0 Å². The van der Waals surface area contributed by atoms with E-state index in [1.165, 1.54) is 30.3 Å². The van der Waals surface area contributed by atoms with Crippen LogP contribution in [0.5, 0.6) is 0 Å². The van der Waals surface area contributed by atoms with Crippen molar-refractivity contribution in [3.63, 3.8) is 0 Å². The molecule has 1 aromatic heterocycles. The van der Waals surface area contributed by atoms with E-state index in [0.29, 0.717) is 11.0 Å². The molecule has 1 aliphatic heterocycles. The molecule has 1 atom stereocenters. The lowest BCUT2D eigenvalue weighted by Crippen LogP contribution is -2.38. The number of benzene rings is 2. The Morgan fingerprint density at radius 1 is 1.00 bits per heavy atom. The van der Waals surface area contributed by atoms with Gasteiger partial charge in [-0.2, -0.15) is 0 Å². The van der Waals surface area contributed by atoms with E-state index >= 15 is 0 Å². The van der Waals surface area contributed by atoms with E-state index < -0.39 is 0 Å². The molecule has 150 valence electrons. The standard InChI is InChI=1S/C22H23FN4OS/c1-26-20(17-10-12-18(23)13-11-17)24-25-22(26)29-19(16-8-4-2-5-9-16)21(28)27-14-6-3-7-15-27/h2,4-5,8-13,19H,3,6-7,14-15H2,1H3/t19-/m0/s1. The van der Waals surface area contributed by atoms with Crippen LogP contribution < -0.4 is 0 Å². The SMILES string of the molecule is Cn1c(S[C@H](C(=O)N2CCCCC2)c2ccccc2)nnc1-c1ccc(F)cc1. The molecule has 29 heavy (non-hydrogen) atoms. The molecule has 3 aromatic rings. The van der Waals surface area contributed by atoms with Crippen molar-refractivity contribution in [3.8, 4) is 11.4 Å². The first-order valence-corrected chi connectivity index (χ1v) is 10.7. The minimum Gasteiger partial charge on any atom is -0.341 e. The zero-order chi connectivity index (χ0) is 20.2. The number of halogens is 1. The summed E-state index contributed by atoms with van der Waals surface area (Å²) in [4.78, 5) is 15.3. The number of amides is 1. The second-order valence-corrected chi connectivity index (χ2v) is 8.24. The quantitative estimate of drug-likeness (QED) is 0.583. The zero-order valence-electron chi connectivity index (χ0n) is 16.3. The van der Waals surface area contributed by atoms with Gasteiger partial charge in [0.2, 0.25) is 5.91 Å². The highest BCUT2D eigenvalue weighted by molar-refractivity contribution is 8.00. The summed E-state index contributed by atoms with van der Waals surface area (Å²) < 4.78 is 15.1. The highest BCUT2D eigenvalue weighted by Gasteiger charge is 2.29. The lowest BCUT2D eigenvalue weighted by atomic mass is 10.1. The predicted molar refractivity (Wildman–Crippen MR) is 112 cm³/mol. The van der Waals surface area contributed by atoms with Gasteiger partial charge in [-0.25, -0.2) is 4.39 Å². The van der Waals surface area contributed by atoms with Gasteiger partial charge >= 0.3 is 0 Å². The molecule has 1 aliphatic rings. The van der Waals surface area contributed by atoms with E-state index in [2.05, 4.69) is 10.2 Å². The number of likely N-dealkylation sites (tertiary alicyclic amines) is 1. The highest BCUT2D eigenvalue weighted by atomic mass is 32.2. The third-order valence-electron chi connectivity index (χ3n) is 5.15. The van der Waals surface area contributed by atoms with Crippen molar-refractivity contribution in [2.75, 3.05) is 13.1 Å². The van der Waals surface area contributed by atoms with Gasteiger partial charge in [-0.05, 0) is 49.1 Å². The molecule has 1 amide bonds. The average Bonchev–Trinajstić information content (AvgIpc) is 3.13. The Labute approximate surface area is 173 Å². The van der Waals surface area contributed by atoms with Gasteiger partial charge in [0.25, 0.3) is 0 Å². The first-order chi connectivity index (χ1) is 14.1. The Morgan fingerprint density at radius 3 is 2.38 bits per heavy atom. The van der Waals surface area contributed by atoms with Gasteiger partial charge in [0.1, 0.15) is 11.1 Å². The molecule has 0 unspecified atom stereocenters. The molecule has 4 rings (SSSR count). The lowest BCUT2D eigenvalue weighted by Gasteiger charge is -2.30. The number of piperidine rings is 1. The third kappa shape index (κ3) is 4.34. The number of rotatable bonds is 5. The van der Waals surface area contributed by atoms with Crippen molar-refractivity contribution >= 4 is 17.7 Å². The van der Waals surface area contributed by atoms with Crippen molar-refractivity contribution in [2.24, 2.45) is 7.05 Å². The number of aromatic nitrogens is 3. The fourth-order valence-electron chi connectivity index (χ4n) is 3.54. The van der Waals surface area contributed by atoms with Crippen molar-refractivity contribution in [2.45, 2.75) is 29.7 Å². The molecule has 0 aliphatic carbocycles. The second kappa shape index (κ2) is 8.78. The minimum absolute atomic E-state index is 0.118. The molecule has 1 saturated heterocycles. The summed E-state index contributed by atoms with van der Waals surface area (Å²) in [7, 11) is 1.87. The van der Waals surface area contributed by atoms with Crippen LogP contribution in [0.15, 0.2) is 59.8 Å². The van der Waals surface area contributed by atoms with Crippen LogP contribution >= 0.6 is 11.8 Å². The van der Waals surface area contributed by atoms with Crippen molar-refractivity contribution in [1.29, 1.82) is 0 Å². The summed E-state index contributed by atoms with van der Waals surface area (Å²) in [5, 5.41) is 8.88. The van der Waals surface area contributed by atoms with E-state index in [0.717, 1.165) is 37.1 Å². The molecule has 0 bridgehead atoms. The molecule has 2 aromatic carbocycles. The summed E-state index contributed by atoms with van der Waals surface area (Å²) in [5.74, 6) is 0.471. The summed E-state index contributed by atoms with van der Waals surface area (Å²) in [6, 6.07) is 16.0. The fourth-order valence-corrected chi connectivity index (χ4v) is 4.63. The van der Waals surface area contributed by atoms with Crippen LogP contribution in [-0.2, 0) is 11.8 Å². The van der Waals surface area contributed by atoms with Crippen molar-refractivity contribution in [3.05, 3.63) is 66.0 Å². The van der Waals surface area contributed by atoms with Crippen LogP contribution in [0, 0.1) is 5.82 Å². The first-order valence-electron chi connectivity index (χ1n) is 9.79. The number of carbonyl (C=O) groups excluding carboxylic acids is 1. The fraction of sp³-hybridized carbons (Fsp3) is 0.318. The minimum atomic E-state index is -0.377. The predicted octanol–water partition coefficient (Wildman–Crippen LogP) is 4.47. The molecule has 0 N–H and O–H groups in total. The van der Waals surface area contributed by atoms with Crippen LogP contribution in [0.2, 0.25) is 0 Å². The van der Waals surface area contributed by atoms with Gasteiger partial charge in [-0.15, -0.1) is 10.2 Å². The number of nitrogens with zero attached hydrogens (tertiary/aromatic N) is 4. The molecular weight excluding hydrogens is 387 g/mol. The van der Waals surface area contributed by atoms with E-state index in [1.54, 1.807) is 12.1 Å². The molecule has 0 spiro atoms. The normalized spacial score (nSPS) is 15.3. The maximum absolute atomic E-state index is 13.3. The van der Waals surface area contributed by atoms with Crippen LogP contribution in [0.25, 0.3) is 11.4 Å². The van der Waals surface area contributed by atoms with Crippen LogP contribution in [0.1, 0.15) is 30.1 Å². The van der Waals surface area contributed by atoms with Crippen LogP contribution in [-0.4, -0.2) is 38.7 Å². The Balaban J connectivity index is 1.62. The molecule has 0 saturated carbocycles. The summed E-state index contributed by atoms with van der Waals surface area (Å²) >= 11 is 1.41. The molecule has 7 heteroatoms. The van der Waals surface area contributed by atoms with Gasteiger partial charge < -0.3 is 9.47 Å². The van der Waals surface area contributed by atoms with Crippen LogP contribution in [0.3, 0.4) is 0 Å². The Morgan fingerprint density at radius 2 is 1.69 bits per heavy atom. The van der Waals surface area contributed by atoms with Crippen molar-refractivity contribution < 1.29 is 9.18 Å². The van der Waals surface area contributed by atoms with Gasteiger partial charge in [-0.3, -0.25) is 4.79 Å². The maximum Gasteiger partial charge on any atom is 0.240 e. The number of carbonyl (C=O) groups is 1. The highest BCUT2D eigenvalue weighted by Crippen LogP contribution is 2.37. The van der Waals surface area contributed by atoms with E-state index in [1.807, 2.05) is 46.8 Å². The molecule has 0 radical (unpaired) electrons. The Bertz CT molecular complexity index is 968. The molecule has 2 heterocycles. The summed E-state index contributed by atoms with van der Waals surface area (Å²) in [6.45, 7) is 1.62. The molecular formula is C22H23FN4OS. The summed E-state index contributed by atoms with van der Waals surface area (Å²) in [6.07, 6.45) is 3.28. The number of hydrogen-bond donors (Lipinski definition) is 0. The van der Waals surface area contributed by atoms with E-state index in [9.17, 15) is 9.18 Å². The van der Waals surface area contributed by atoms with Gasteiger partial charge in [0, 0.05) is 25.7 Å². The third-order valence-corrected chi connectivity index (χ3v) is 6.43. The van der Waals surface area contributed by atoms with Gasteiger partial charge in [-0.1, -0.05) is 42.1 Å². The smallest absolute Gasteiger partial charge is 0.240 e. The molecule has 5 nitrogen and oxygen atoms in total. The van der Waals surface area contributed by atoms with Crippen LogP contribution in [0.4, 0.5) is 4.39 Å².